The summed E-state index contributed by atoms with van der Waals surface area (Å²) in [6, 6.07) is 14.7. The standard InChI is InChI=1S/C22H22FN5O/c1-27-19-8-3-2-7-17(19)25-21(27)13-28-9-10-29-14-20(28)22-24-12-18(26-22)15-5-4-6-16(23)11-15/h2-8,11-12,20H,9-10,13-14H2,1H3,(H,24,26)/t20-/m0/s1. The number of benzene rings is 2. The molecule has 0 spiro atoms. The predicted molar refractivity (Wildman–Crippen MR) is 109 cm³/mol. The normalized spacial score (nSPS) is 17.8. The molecule has 148 valence electrons. The first-order chi connectivity index (χ1) is 14.2. The molecule has 3 heterocycles. The van der Waals surface area contributed by atoms with E-state index in [2.05, 4.69) is 32.5 Å². The van der Waals surface area contributed by atoms with Gasteiger partial charge in [-0.1, -0.05) is 24.3 Å². The summed E-state index contributed by atoms with van der Waals surface area (Å²) < 4.78 is 21.5. The maximum Gasteiger partial charge on any atom is 0.126 e. The molecular formula is C22H22FN5O. The summed E-state index contributed by atoms with van der Waals surface area (Å²) in [6.45, 7) is 2.73. The topological polar surface area (TPSA) is 59.0 Å². The van der Waals surface area contributed by atoms with Crippen molar-refractivity contribution < 1.29 is 9.13 Å². The Labute approximate surface area is 168 Å². The fourth-order valence-corrected chi connectivity index (χ4v) is 3.91. The van der Waals surface area contributed by atoms with E-state index >= 15 is 0 Å². The first-order valence-electron chi connectivity index (χ1n) is 9.72. The molecule has 4 aromatic rings. The lowest BCUT2D eigenvalue weighted by Crippen LogP contribution is -2.40. The number of ether oxygens (including phenoxy) is 1. The lowest BCUT2D eigenvalue weighted by atomic mass is 10.1. The monoisotopic (exact) mass is 391 g/mol. The van der Waals surface area contributed by atoms with E-state index in [0.29, 0.717) is 19.8 Å². The van der Waals surface area contributed by atoms with E-state index in [1.807, 2.05) is 24.3 Å². The molecule has 2 aromatic carbocycles. The molecule has 1 saturated heterocycles. The van der Waals surface area contributed by atoms with Gasteiger partial charge in [0.15, 0.2) is 0 Å². The van der Waals surface area contributed by atoms with Crippen LogP contribution in [0.3, 0.4) is 0 Å². The van der Waals surface area contributed by atoms with Crippen molar-refractivity contribution in [3.8, 4) is 11.3 Å². The summed E-state index contributed by atoms with van der Waals surface area (Å²) in [5.74, 6) is 1.57. The summed E-state index contributed by atoms with van der Waals surface area (Å²) >= 11 is 0. The maximum atomic E-state index is 13.6. The highest BCUT2D eigenvalue weighted by Gasteiger charge is 2.28. The number of para-hydroxylation sites is 2. The van der Waals surface area contributed by atoms with Gasteiger partial charge in [0, 0.05) is 19.2 Å². The molecule has 1 aliphatic rings. The van der Waals surface area contributed by atoms with Crippen LogP contribution in [-0.2, 0) is 18.3 Å². The van der Waals surface area contributed by atoms with Crippen molar-refractivity contribution in [3.63, 3.8) is 0 Å². The van der Waals surface area contributed by atoms with Crippen LogP contribution in [0.5, 0.6) is 0 Å². The number of morpholine rings is 1. The first-order valence-corrected chi connectivity index (χ1v) is 9.72. The van der Waals surface area contributed by atoms with E-state index in [-0.39, 0.29) is 11.9 Å². The van der Waals surface area contributed by atoms with Gasteiger partial charge in [0.1, 0.15) is 17.5 Å². The molecule has 29 heavy (non-hydrogen) atoms. The number of imidazole rings is 2. The van der Waals surface area contributed by atoms with Crippen molar-refractivity contribution in [1.29, 1.82) is 0 Å². The molecule has 0 unspecified atom stereocenters. The lowest BCUT2D eigenvalue weighted by Gasteiger charge is -2.34. The van der Waals surface area contributed by atoms with Gasteiger partial charge in [0.2, 0.25) is 0 Å². The maximum absolute atomic E-state index is 13.6. The molecule has 0 aliphatic carbocycles. The average molecular weight is 391 g/mol. The van der Waals surface area contributed by atoms with Crippen molar-refractivity contribution >= 4 is 11.0 Å². The number of hydrogen-bond acceptors (Lipinski definition) is 4. The zero-order chi connectivity index (χ0) is 19.8. The number of H-pyrrole nitrogens is 1. The molecule has 0 amide bonds. The van der Waals surface area contributed by atoms with Crippen LogP contribution in [0.25, 0.3) is 22.3 Å². The number of nitrogens with one attached hydrogen (secondary N) is 1. The van der Waals surface area contributed by atoms with Crippen LogP contribution in [0.2, 0.25) is 0 Å². The molecule has 1 N–H and O–H groups in total. The van der Waals surface area contributed by atoms with Crippen molar-refractivity contribution in [2.24, 2.45) is 7.05 Å². The van der Waals surface area contributed by atoms with Gasteiger partial charge in [-0.05, 0) is 24.3 Å². The molecule has 5 rings (SSSR count). The molecular weight excluding hydrogens is 369 g/mol. The van der Waals surface area contributed by atoms with Crippen LogP contribution >= 0.6 is 0 Å². The Morgan fingerprint density at radius 2 is 2.10 bits per heavy atom. The van der Waals surface area contributed by atoms with Crippen LogP contribution in [-0.4, -0.2) is 44.2 Å². The Morgan fingerprint density at radius 1 is 1.21 bits per heavy atom. The molecule has 7 heteroatoms. The van der Waals surface area contributed by atoms with Gasteiger partial charge in [-0.15, -0.1) is 0 Å². The number of aryl methyl sites for hydroxylation is 1. The Balaban J connectivity index is 1.42. The number of aromatic amines is 1. The molecule has 1 aliphatic heterocycles. The number of fused-ring (bicyclic) bond motifs is 1. The van der Waals surface area contributed by atoms with Gasteiger partial charge < -0.3 is 14.3 Å². The van der Waals surface area contributed by atoms with E-state index in [9.17, 15) is 4.39 Å². The van der Waals surface area contributed by atoms with Crippen molar-refractivity contribution in [1.82, 2.24) is 24.4 Å². The van der Waals surface area contributed by atoms with Crippen LogP contribution in [0, 0.1) is 5.82 Å². The van der Waals surface area contributed by atoms with E-state index in [0.717, 1.165) is 40.5 Å². The summed E-state index contributed by atoms with van der Waals surface area (Å²) in [6.07, 6.45) is 1.76. The third-order valence-corrected chi connectivity index (χ3v) is 5.51. The van der Waals surface area contributed by atoms with Crippen LogP contribution < -0.4 is 0 Å². The van der Waals surface area contributed by atoms with Gasteiger partial charge in [-0.3, -0.25) is 4.90 Å². The second kappa shape index (κ2) is 7.42. The van der Waals surface area contributed by atoms with Crippen LogP contribution in [0.4, 0.5) is 4.39 Å². The van der Waals surface area contributed by atoms with E-state index in [4.69, 9.17) is 9.72 Å². The van der Waals surface area contributed by atoms with Gasteiger partial charge in [-0.25, -0.2) is 14.4 Å². The minimum atomic E-state index is -0.261. The van der Waals surface area contributed by atoms with Crippen molar-refractivity contribution in [2.75, 3.05) is 19.8 Å². The highest BCUT2D eigenvalue weighted by atomic mass is 19.1. The molecule has 0 radical (unpaired) electrons. The third-order valence-electron chi connectivity index (χ3n) is 5.51. The zero-order valence-corrected chi connectivity index (χ0v) is 16.2. The van der Waals surface area contributed by atoms with E-state index < -0.39 is 0 Å². The summed E-state index contributed by atoms with van der Waals surface area (Å²) in [5.41, 5.74) is 3.70. The molecule has 0 bridgehead atoms. The number of nitrogens with zero attached hydrogens (tertiary/aromatic N) is 4. The molecule has 0 saturated carbocycles. The van der Waals surface area contributed by atoms with E-state index in [1.54, 1.807) is 12.3 Å². The summed E-state index contributed by atoms with van der Waals surface area (Å²) in [5, 5.41) is 0. The Kier molecular flexibility index (Phi) is 4.61. The minimum absolute atomic E-state index is 0.00845. The average Bonchev–Trinajstić information content (AvgIpc) is 3.35. The van der Waals surface area contributed by atoms with Gasteiger partial charge in [0.25, 0.3) is 0 Å². The van der Waals surface area contributed by atoms with Crippen molar-refractivity contribution in [2.45, 2.75) is 12.6 Å². The number of halogens is 1. The number of hydrogen-bond donors (Lipinski definition) is 1. The molecule has 6 nitrogen and oxygen atoms in total. The Hall–Kier alpha value is -3.03. The smallest absolute Gasteiger partial charge is 0.126 e. The molecule has 1 fully saturated rings. The van der Waals surface area contributed by atoms with Gasteiger partial charge >= 0.3 is 0 Å². The SMILES string of the molecule is Cn1c(CN2CCOC[C@H]2c2ncc(-c3cccc(F)c3)[nH]2)nc2ccccc21. The third kappa shape index (κ3) is 3.43. The van der Waals surface area contributed by atoms with Gasteiger partial charge in [-0.2, -0.15) is 0 Å². The number of aromatic nitrogens is 4. The Bertz CT molecular complexity index is 1150. The van der Waals surface area contributed by atoms with Crippen LogP contribution in [0.15, 0.2) is 54.7 Å². The van der Waals surface area contributed by atoms with Gasteiger partial charge in [0.05, 0.1) is 48.7 Å². The van der Waals surface area contributed by atoms with Crippen LogP contribution in [0.1, 0.15) is 17.7 Å². The molecule has 2 aromatic heterocycles. The second-order valence-corrected chi connectivity index (χ2v) is 7.33. The largest absolute Gasteiger partial charge is 0.378 e. The predicted octanol–water partition coefficient (Wildman–Crippen LogP) is 3.68. The minimum Gasteiger partial charge on any atom is -0.378 e. The number of rotatable bonds is 4. The summed E-state index contributed by atoms with van der Waals surface area (Å²) in [4.78, 5) is 15.1. The fourth-order valence-electron chi connectivity index (χ4n) is 3.91. The highest BCUT2D eigenvalue weighted by molar-refractivity contribution is 5.75. The molecule has 1 atom stereocenters. The fraction of sp³-hybridized carbons (Fsp3) is 0.273. The van der Waals surface area contributed by atoms with Crippen molar-refractivity contribution in [3.05, 3.63) is 72.2 Å². The lowest BCUT2D eigenvalue weighted by molar-refractivity contribution is -0.0170. The quantitative estimate of drug-likeness (QED) is 0.577. The second-order valence-electron chi connectivity index (χ2n) is 7.33. The zero-order valence-electron chi connectivity index (χ0n) is 16.2. The van der Waals surface area contributed by atoms with E-state index in [1.165, 1.54) is 12.1 Å². The Morgan fingerprint density at radius 3 is 2.97 bits per heavy atom. The first kappa shape index (κ1) is 18.0. The summed E-state index contributed by atoms with van der Waals surface area (Å²) in [7, 11) is 2.05. The highest BCUT2D eigenvalue weighted by Crippen LogP contribution is 2.27.